The Morgan fingerprint density at radius 3 is 2.83 bits per heavy atom. The van der Waals surface area contributed by atoms with E-state index in [1.807, 2.05) is 31.2 Å². The van der Waals surface area contributed by atoms with Gasteiger partial charge in [0.1, 0.15) is 0 Å². The second-order valence-electron chi connectivity index (χ2n) is 5.30. The summed E-state index contributed by atoms with van der Waals surface area (Å²) in [5.41, 5.74) is 4.25. The van der Waals surface area contributed by atoms with Crippen molar-refractivity contribution < 1.29 is 4.79 Å². The number of nitrogens with one attached hydrogen (secondary N) is 1. The van der Waals surface area contributed by atoms with Crippen LogP contribution < -0.4 is 5.32 Å². The molecule has 0 atom stereocenters. The number of fused-ring (bicyclic) bond motifs is 1. The van der Waals surface area contributed by atoms with Crippen LogP contribution in [0, 0.1) is 6.92 Å². The Morgan fingerprint density at radius 2 is 2.04 bits per heavy atom. The number of thioether (sulfide) groups is 1. The predicted octanol–water partition coefficient (Wildman–Crippen LogP) is 3.56. The molecule has 2 aromatic carbocycles. The van der Waals surface area contributed by atoms with Gasteiger partial charge < -0.3 is 5.32 Å². The summed E-state index contributed by atoms with van der Waals surface area (Å²) in [5.74, 6) is 0.392. The molecule has 0 unspecified atom stereocenters. The SMILES string of the molecule is CCNC(=O)CSc1nc2ccccc2n1-c1cccc(C)c1. The van der Waals surface area contributed by atoms with E-state index in [0.29, 0.717) is 12.3 Å². The molecule has 0 aliphatic rings. The molecule has 1 aromatic heterocycles. The number of aromatic nitrogens is 2. The third-order valence-electron chi connectivity index (χ3n) is 3.50. The molecule has 1 N–H and O–H groups in total. The Hall–Kier alpha value is -2.27. The third-order valence-corrected chi connectivity index (χ3v) is 4.43. The molecule has 0 saturated carbocycles. The van der Waals surface area contributed by atoms with Crippen LogP contribution in [0.5, 0.6) is 0 Å². The molecule has 1 heterocycles. The van der Waals surface area contributed by atoms with Crippen molar-refractivity contribution in [3.05, 3.63) is 54.1 Å². The first-order valence-electron chi connectivity index (χ1n) is 7.63. The van der Waals surface area contributed by atoms with Gasteiger partial charge in [-0.2, -0.15) is 0 Å². The average Bonchev–Trinajstić information content (AvgIpc) is 2.91. The van der Waals surface area contributed by atoms with Crippen LogP contribution in [0.15, 0.2) is 53.7 Å². The Bertz CT molecular complexity index is 841. The summed E-state index contributed by atoms with van der Waals surface area (Å²) in [6.07, 6.45) is 0. The highest BCUT2D eigenvalue weighted by Gasteiger charge is 2.14. The highest BCUT2D eigenvalue weighted by molar-refractivity contribution is 7.99. The van der Waals surface area contributed by atoms with E-state index in [4.69, 9.17) is 4.98 Å². The molecule has 5 heteroatoms. The van der Waals surface area contributed by atoms with E-state index in [-0.39, 0.29) is 5.91 Å². The van der Waals surface area contributed by atoms with Crippen molar-refractivity contribution in [2.24, 2.45) is 0 Å². The topological polar surface area (TPSA) is 46.9 Å². The number of amides is 1. The largest absolute Gasteiger partial charge is 0.356 e. The summed E-state index contributed by atoms with van der Waals surface area (Å²) in [6.45, 7) is 4.64. The van der Waals surface area contributed by atoms with Crippen LogP contribution in [0.4, 0.5) is 0 Å². The van der Waals surface area contributed by atoms with Crippen LogP contribution in [-0.2, 0) is 4.79 Å². The molecule has 0 radical (unpaired) electrons. The molecule has 4 nitrogen and oxygen atoms in total. The van der Waals surface area contributed by atoms with Crippen LogP contribution >= 0.6 is 11.8 Å². The maximum absolute atomic E-state index is 11.8. The first-order chi connectivity index (χ1) is 11.2. The molecule has 0 bridgehead atoms. The van der Waals surface area contributed by atoms with Gasteiger partial charge in [0, 0.05) is 12.2 Å². The van der Waals surface area contributed by atoms with Gasteiger partial charge in [-0.05, 0) is 43.7 Å². The second-order valence-corrected chi connectivity index (χ2v) is 6.24. The third kappa shape index (κ3) is 3.40. The van der Waals surface area contributed by atoms with Crippen molar-refractivity contribution in [2.75, 3.05) is 12.3 Å². The van der Waals surface area contributed by atoms with Gasteiger partial charge in [0.05, 0.1) is 16.8 Å². The molecule has 0 saturated heterocycles. The molecular formula is C18H19N3OS. The van der Waals surface area contributed by atoms with E-state index in [1.54, 1.807) is 0 Å². The van der Waals surface area contributed by atoms with Crippen molar-refractivity contribution in [3.8, 4) is 5.69 Å². The molecule has 3 rings (SSSR count). The van der Waals surface area contributed by atoms with Gasteiger partial charge in [0.2, 0.25) is 5.91 Å². The van der Waals surface area contributed by atoms with Gasteiger partial charge in [-0.25, -0.2) is 4.98 Å². The van der Waals surface area contributed by atoms with E-state index >= 15 is 0 Å². The number of nitrogens with zero attached hydrogens (tertiary/aromatic N) is 2. The first kappa shape index (κ1) is 15.6. The molecule has 0 aliphatic heterocycles. The minimum absolute atomic E-state index is 0.0281. The van der Waals surface area contributed by atoms with Gasteiger partial charge in [-0.3, -0.25) is 9.36 Å². The van der Waals surface area contributed by atoms with Gasteiger partial charge in [-0.1, -0.05) is 36.0 Å². The lowest BCUT2D eigenvalue weighted by atomic mass is 10.2. The van der Waals surface area contributed by atoms with E-state index in [9.17, 15) is 4.79 Å². The Kier molecular flexibility index (Phi) is 4.67. The number of benzene rings is 2. The van der Waals surface area contributed by atoms with Gasteiger partial charge in [0.25, 0.3) is 0 Å². The standard InChI is InChI=1S/C18H19N3OS/c1-3-19-17(22)12-23-18-20-15-9-4-5-10-16(15)21(18)14-8-6-7-13(2)11-14/h4-11H,3,12H2,1-2H3,(H,19,22). The summed E-state index contributed by atoms with van der Waals surface area (Å²) >= 11 is 1.46. The quantitative estimate of drug-likeness (QED) is 0.730. The van der Waals surface area contributed by atoms with Gasteiger partial charge >= 0.3 is 0 Å². The number of carbonyl (C=O) groups is 1. The summed E-state index contributed by atoms with van der Waals surface area (Å²) in [5, 5.41) is 3.66. The van der Waals surface area contributed by atoms with Gasteiger partial charge in [-0.15, -0.1) is 0 Å². The number of carbonyl (C=O) groups excluding carboxylic acids is 1. The van der Waals surface area contributed by atoms with E-state index in [0.717, 1.165) is 21.9 Å². The van der Waals surface area contributed by atoms with Crippen LogP contribution in [0.25, 0.3) is 16.7 Å². The molecule has 1 amide bonds. The number of rotatable bonds is 5. The number of aryl methyl sites for hydroxylation is 1. The fraction of sp³-hybridized carbons (Fsp3) is 0.222. The maximum Gasteiger partial charge on any atom is 0.230 e. The lowest BCUT2D eigenvalue weighted by Crippen LogP contribution is -2.24. The van der Waals surface area contributed by atoms with Crippen LogP contribution in [0.3, 0.4) is 0 Å². The molecule has 0 fully saturated rings. The van der Waals surface area contributed by atoms with Crippen LogP contribution in [-0.4, -0.2) is 27.8 Å². The highest BCUT2D eigenvalue weighted by Crippen LogP contribution is 2.28. The number of hydrogen-bond donors (Lipinski definition) is 1. The maximum atomic E-state index is 11.8. The molecular weight excluding hydrogens is 306 g/mol. The summed E-state index contributed by atoms with van der Waals surface area (Å²) < 4.78 is 2.12. The van der Waals surface area contributed by atoms with E-state index in [2.05, 4.69) is 41.1 Å². The zero-order valence-corrected chi connectivity index (χ0v) is 14.1. The van der Waals surface area contributed by atoms with E-state index < -0.39 is 0 Å². The van der Waals surface area contributed by atoms with Crippen molar-refractivity contribution in [2.45, 2.75) is 19.0 Å². The Labute approximate surface area is 139 Å². The van der Waals surface area contributed by atoms with Crippen molar-refractivity contribution >= 4 is 28.7 Å². The highest BCUT2D eigenvalue weighted by atomic mass is 32.2. The fourth-order valence-electron chi connectivity index (χ4n) is 2.50. The minimum atomic E-state index is 0.0281. The lowest BCUT2D eigenvalue weighted by Gasteiger charge is -2.09. The van der Waals surface area contributed by atoms with Crippen molar-refractivity contribution in [1.29, 1.82) is 0 Å². The summed E-state index contributed by atoms with van der Waals surface area (Å²) in [4.78, 5) is 16.5. The number of imidazole rings is 1. The molecule has 118 valence electrons. The Morgan fingerprint density at radius 1 is 1.22 bits per heavy atom. The Balaban J connectivity index is 2.03. The zero-order chi connectivity index (χ0) is 16.2. The van der Waals surface area contributed by atoms with Crippen molar-refractivity contribution in [3.63, 3.8) is 0 Å². The molecule has 3 aromatic rings. The second kappa shape index (κ2) is 6.87. The van der Waals surface area contributed by atoms with Crippen LogP contribution in [0.2, 0.25) is 0 Å². The summed E-state index contributed by atoms with van der Waals surface area (Å²) in [7, 11) is 0. The fourth-order valence-corrected chi connectivity index (χ4v) is 3.35. The number of para-hydroxylation sites is 2. The van der Waals surface area contributed by atoms with Crippen LogP contribution in [0.1, 0.15) is 12.5 Å². The molecule has 0 spiro atoms. The normalized spacial score (nSPS) is 10.9. The van der Waals surface area contributed by atoms with Gasteiger partial charge in [0.15, 0.2) is 5.16 Å². The lowest BCUT2D eigenvalue weighted by molar-refractivity contribution is -0.118. The number of hydrogen-bond acceptors (Lipinski definition) is 3. The van der Waals surface area contributed by atoms with Crippen molar-refractivity contribution in [1.82, 2.24) is 14.9 Å². The first-order valence-corrected chi connectivity index (χ1v) is 8.61. The van der Waals surface area contributed by atoms with E-state index in [1.165, 1.54) is 17.3 Å². The molecule has 0 aliphatic carbocycles. The summed E-state index contributed by atoms with van der Waals surface area (Å²) in [6, 6.07) is 16.4. The predicted molar refractivity (Wildman–Crippen MR) is 95.2 cm³/mol. The zero-order valence-electron chi connectivity index (χ0n) is 13.2. The molecule has 23 heavy (non-hydrogen) atoms. The monoisotopic (exact) mass is 325 g/mol. The minimum Gasteiger partial charge on any atom is -0.356 e. The average molecular weight is 325 g/mol. The smallest absolute Gasteiger partial charge is 0.230 e.